The molecule has 0 radical (unpaired) electrons. The standard InChI is InChI=1S/C16H19N3O2/c17-14-7-6-12(16(18)21)9-15(14)19-13(10-20)8-11-4-2-1-3-5-11/h1-7,9,13,19-20H,8,10,17H2,(H2,18,21). The predicted octanol–water partition coefficient (Wildman–Crippen LogP) is 1.38. The average molecular weight is 285 g/mol. The Morgan fingerprint density at radius 1 is 1.19 bits per heavy atom. The zero-order valence-corrected chi connectivity index (χ0v) is 11.6. The summed E-state index contributed by atoms with van der Waals surface area (Å²) in [4.78, 5) is 11.2. The zero-order chi connectivity index (χ0) is 15.2. The van der Waals surface area contributed by atoms with E-state index in [1.807, 2.05) is 30.3 Å². The Morgan fingerprint density at radius 2 is 1.90 bits per heavy atom. The molecule has 6 N–H and O–H groups in total. The first-order valence-electron chi connectivity index (χ1n) is 6.71. The Kier molecular flexibility index (Phi) is 4.79. The van der Waals surface area contributed by atoms with Crippen molar-refractivity contribution in [3.05, 3.63) is 59.7 Å². The highest BCUT2D eigenvalue weighted by molar-refractivity contribution is 5.94. The summed E-state index contributed by atoms with van der Waals surface area (Å²) in [6, 6.07) is 14.4. The third-order valence-corrected chi connectivity index (χ3v) is 3.24. The van der Waals surface area contributed by atoms with Crippen molar-refractivity contribution >= 4 is 17.3 Å². The second kappa shape index (κ2) is 6.76. The first-order chi connectivity index (χ1) is 10.1. The predicted molar refractivity (Wildman–Crippen MR) is 84.0 cm³/mol. The summed E-state index contributed by atoms with van der Waals surface area (Å²) in [6.07, 6.45) is 0.650. The van der Waals surface area contributed by atoms with E-state index in [1.165, 1.54) is 0 Å². The van der Waals surface area contributed by atoms with Gasteiger partial charge in [0.15, 0.2) is 0 Å². The quantitative estimate of drug-likeness (QED) is 0.602. The van der Waals surface area contributed by atoms with Crippen molar-refractivity contribution in [2.45, 2.75) is 12.5 Å². The molecular weight excluding hydrogens is 266 g/mol. The van der Waals surface area contributed by atoms with E-state index in [0.717, 1.165) is 5.56 Å². The van der Waals surface area contributed by atoms with Gasteiger partial charge in [0.05, 0.1) is 24.0 Å². The van der Waals surface area contributed by atoms with Crippen LogP contribution in [0, 0.1) is 0 Å². The lowest BCUT2D eigenvalue weighted by molar-refractivity contribution is 0.100. The van der Waals surface area contributed by atoms with Crippen LogP contribution in [0.1, 0.15) is 15.9 Å². The van der Waals surface area contributed by atoms with Crippen LogP contribution >= 0.6 is 0 Å². The topological polar surface area (TPSA) is 101 Å². The van der Waals surface area contributed by atoms with Crippen LogP contribution in [-0.4, -0.2) is 23.7 Å². The summed E-state index contributed by atoms with van der Waals surface area (Å²) in [5, 5.41) is 12.7. The highest BCUT2D eigenvalue weighted by Crippen LogP contribution is 2.21. The number of nitrogens with two attached hydrogens (primary N) is 2. The Hall–Kier alpha value is -2.53. The molecule has 5 heteroatoms. The smallest absolute Gasteiger partial charge is 0.248 e. The number of nitrogens with one attached hydrogen (secondary N) is 1. The van der Waals surface area contributed by atoms with Crippen molar-refractivity contribution in [2.75, 3.05) is 17.7 Å². The number of benzene rings is 2. The lowest BCUT2D eigenvalue weighted by Gasteiger charge is -2.19. The van der Waals surface area contributed by atoms with E-state index in [1.54, 1.807) is 18.2 Å². The molecule has 2 aromatic rings. The molecule has 0 aliphatic carbocycles. The number of amides is 1. The van der Waals surface area contributed by atoms with Crippen molar-refractivity contribution in [1.29, 1.82) is 0 Å². The molecule has 2 rings (SSSR count). The van der Waals surface area contributed by atoms with Gasteiger partial charge in [-0.1, -0.05) is 30.3 Å². The monoisotopic (exact) mass is 285 g/mol. The highest BCUT2D eigenvalue weighted by atomic mass is 16.3. The molecule has 0 aliphatic rings. The minimum atomic E-state index is -0.512. The van der Waals surface area contributed by atoms with E-state index in [4.69, 9.17) is 11.5 Å². The van der Waals surface area contributed by atoms with Gasteiger partial charge in [-0.2, -0.15) is 0 Å². The Morgan fingerprint density at radius 3 is 2.52 bits per heavy atom. The molecule has 0 spiro atoms. The lowest BCUT2D eigenvalue weighted by Crippen LogP contribution is -2.27. The van der Waals surface area contributed by atoms with Crippen LogP contribution in [-0.2, 0) is 6.42 Å². The van der Waals surface area contributed by atoms with Gasteiger partial charge < -0.3 is 21.9 Å². The van der Waals surface area contributed by atoms with Crippen molar-refractivity contribution in [3.8, 4) is 0 Å². The van der Waals surface area contributed by atoms with Crippen LogP contribution in [0.3, 0.4) is 0 Å². The van der Waals surface area contributed by atoms with Gasteiger partial charge in [-0.3, -0.25) is 4.79 Å². The molecule has 0 saturated carbocycles. The van der Waals surface area contributed by atoms with Gasteiger partial charge in [-0.05, 0) is 30.2 Å². The third-order valence-electron chi connectivity index (χ3n) is 3.24. The number of rotatable bonds is 6. The Balaban J connectivity index is 2.14. The summed E-state index contributed by atoms with van der Waals surface area (Å²) < 4.78 is 0. The van der Waals surface area contributed by atoms with Crippen LogP contribution in [0.15, 0.2) is 48.5 Å². The number of carbonyl (C=O) groups excluding carboxylic acids is 1. The fourth-order valence-electron chi connectivity index (χ4n) is 2.11. The maximum absolute atomic E-state index is 11.2. The number of anilines is 2. The van der Waals surface area contributed by atoms with Crippen LogP contribution < -0.4 is 16.8 Å². The Labute approximate surface area is 123 Å². The molecule has 1 atom stereocenters. The second-order valence-electron chi connectivity index (χ2n) is 4.88. The molecule has 0 saturated heterocycles. The molecule has 0 bridgehead atoms. The van der Waals surface area contributed by atoms with Crippen molar-refractivity contribution in [3.63, 3.8) is 0 Å². The van der Waals surface area contributed by atoms with Crippen molar-refractivity contribution in [2.24, 2.45) is 5.73 Å². The normalized spacial score (nSPS) is 11.9. The number of primary amides is 1. The minimum absolute atomic E-state index is 0.0465. The SMILES string of the molecule is NC(=O)c1ccc(N)c(NC(CO)Cc2ccccc2)c1. The largest absolute Gasteiger partial charge is 0.397 e. The summed E-state index contributed by atoms with van der Waals surface area (Å²) in [6.45, 7) is -0.0465. The van der Waals surface area contributed by atoms with Gasteiger partial charge in [-0.15, -0.1) is 0 Å². The summed E-state index contributed by atoms with van der Waals surface area (Å²) in [5.41, 5.74) is 13.7. The maximum Gasteiger partial charge on any atom is 0.248 e. The number of hydrogen-bond donors (Lipinski definition) is 4. The number of aliphatic hydroxyl groups is 1. The van der Waals surface area contributed by atoms with Crippen LogP contribution in [0.4, 0.5) is 11.4 Å². The van der Waals surface area contributed by atoms with E-state index >= 15 is 0 Å². The zero-order valence-electron chi connectivity index (χ0n) is 11.6. The summed E-state index contributed by atoms with van der Waals surface area (Å²) in [7, 11) is 0. The first-order valence-corrected chi connectivity index (χ1v) is 6.71. The lowest BCUT2D eigenvalue weighted by atomic mass is 10.1. The van der Waals surface area contributed by atoms with E-state index in [0.29, 0.717) is 23.4 Å². The molecule has 5 nitrogen and oxygen atoms in total. The van der Waals surface area contributed by atoms with E-state index < -0.39 is 5.91 Å². The van der Waals surface area contributed by atoms with Crippen molar-refractivity contribution in [1.82, 2.24) is 0 Å². The highest BCUT2D eigenvalue weighted by Gasteiger charge is 2.11. The number of aliphatic hydroxyl groups excluding tert-OH is 1. The van der Waals surface area contributed by atoms with Crippen LogP contribution in [0.2, 0.25) is 0 Å². The van der Waals surface area contributed by atoms with E-state index in [9.17, 15) is 9.90 Å². The van der Waals surface area contributed by atoms with Gasteiger partial charge in [0.2, 0.25) is 5.91 Å². The third kappa shape index (κ3) is 3.97. The molecule has 0 aromatic heterocycles. The first kappa shape index (κ1) is 14.9. The summed E-state index contributed by atoms with van der Waals surface area (Å²) >= 11 is 0. The molecule has 1 amide bonds. The number of carbonyl (C=O) groups is 1. The molecular formula is C16H19N3O2. The summed E-state index contributed by atoms with van der Waals surface area (Å²) in [5.74, 6) is -0.512. The molecule has 110 valence electrons. The van der Waals surface area contributed by atoms with Gasteiger partial charge >= 0.3 is 0 Å². The van der Waals surface area contributed by atoms with Crippen LogP contribution in [0.5, 0.6) is 0 Å². The van der Waals surface area contributed by atoms with E-state index in [2.05, 4.69) is 5.32 Å². The van der Waals surface area contributed by atoms with Gasteiger partial charge in [0, 0.05) is 5.56 Å². The molecule has 0 heterocycles. The van der Waals surface area contributed by atoms with Crippen LogP contribution in [0.25, 0.3) is 0 Å². The molecule has 0 fully saturated rings. The maximum atomic E-state index is 11.2. The molecule has 1 unspecified atom stereocenters. The average Bonchev–Trinajstić information content (AvgIpc) is 2.49. The Bertz CT molecular complexity index is 614. The number of nitrogen functional groups attached to an aromatic ring is 1. The minimum Gasteiger partial charge on any atom is -0.397 e. The molecule has 0 aliphatic heterocycles. The van der Waals surface area contributed by atoms with Crippen molar-refractivity contribution < 1.29 is 9.90 Å². The fraction of sp³-hybridized carbons (Fsp3) is 0.188. The van der Waals surface area contributed by atoms with Gasteiger partial charge in [0.25, 0.3) is 0 Å². The van der Waals surface area contributed by atoms with E-state index in [-0.39, 0.29) is 12.6 Å². The fourth-order valence-corrected chi connectivity index (χ4v) is 2.11. The molecule has 21 heavy (non-hydrogen) atoms. The van der Waals surface area contributed by atoms with Gasteiger partial charge in [0.1, 0.15) is 0 Å². The molecule has 2 aromatic carbocycles. The number of hydrogen-bond acceptors (Lipinski definition) is 4. The van der Waals surface area contributed by atoms with Gasteiger partial charge in [-0.25, -0.2) is 0 Å². The second-order valence-corrected chi connectivity index (χ2v) is 4.88.